The molecule has 3 aromatic rings. The number of furan rings is 1. The summed E-state index contributed by atoms with van der Waals surface area (Å²) in [7, 11) is 0. The highest BCUT2D eigenvalue weighted by atomic mass is 35.5. The van der Waals surface area contributed by atoms with Crippen molar-refractivity contribution in [2.45, 2.75) is 0 Å². The van der Waals surface area contributed by atoms with Crippen molar-refractivity contribution in [3.63, 3.8) is 0 Å². The number of carbonyl (C=O) groups is 1. The van der Waals surface area contributed by atoms with Gasteiger partial charge in [-0.05, 0) is 54.6 Å². The molecule has 0 bridgehead atoms. The number of rotatable bonds is 3. The fraction of sp³-hybridized carbons (Fsp3) is 0. The SMILES string of the molecule is Nc1ccc(NC(=O)c2ccc(-c3ccc(Cl)c(Cl)c3)o2)cc1. The lowest BCUT2D eigenvalue weighted by molar-refractivity contribution is 0.0997. The molecule has 0 atom stereocenters. The van der Waals surface area contributed by atoms with Crippen molar-refractivity contribution in [1.82, 2.24) is 0 Å². The Balaban J connectivity index is 1.79. The maximum absolute atomic E-state index is 12.2. The summed E-state index contributed by atoms with van der Waals surface area (Å²) < 4.78 is 5.58. The Hall–Kier alpha value is -2.43. The molecule has 0 saturated carbocycles. The van der Waals surface area contributed by atoms with Crippen molar-refractivity contribution >= 4 is 40.5 Å². The zero-order valence-corrected chi connectivity index (χ0v) is 13.4. The average Bonchev–Trinajstić information content (AvgIpc) is 3.02. The van der Waals surface area contributed by atoms with Gasteiger partial charge in [0.05, 0.1) is 10.0 Å². The van der Waals surface area contributed by atoms with E-state index in [0.29, 0.717) is 27.2 Å². The molecule has 6 heteroatoms. The molecule has 0 aliphatic carbocycles. The highest BCUT2D eigenvalue weighted by Gasteiger charge is 2.13. The first-order valence-corrected chi connectivity index (χ1v) is 7.51. The van der Waals surface area contributed by atoms with Crippen molar-refractivity contribution in [3.8, 4) is 11.3 Å². The number of hydrogen-bond donors (Lipinski definition) is 2. The third-order valence-corrected chi connectivity index (χ3v) is 3.94. The third kappa shape index (κ3) is 3.50. The van der Waals surface area contributed by atoms with Crippen LogP contribution in [0.15, 0.2) is 59.0 Å². The minimum Gasteiger partial charge on any atom is -0.451 e. The fourth-order valence-corrected chi connectivity index (χ4v) is 2.32. The normalized spacial score (nSPS) is 10.5. The van der Waals surface area contributed by atoms with Crippen molar-refractivity contribution in [2.75, 3.05) is 11.1 Å². The van der Waals surface area contributed by atoms with E-state index in [-0.39, 0.29) is 11.7 Å². The number of benzene rings is 2. The molecule has 4 nitrogen and oxygen atoms in total. The summed E-state index contributed by atoms with van der Waals surface area (Å²) >= 11 is 11.9. The average molecular weight is 347 g/mol. The number of hydrogen-bond acceptors (Lipinski definition) is 3. The summed E-state index contributed by atoms with van der Waals surface area (Å²) in [5.74, 6) is 0.384. The van der Waals surface area contributed by atoms with Gasteiger partial charge in [0.25, 0.3) is 5.91 Å². The summed E-state index contributed by atoms with van der Waals surface area (Å²) in [6.45, 7) is 0. The summed E-state index contributed by atoms with van der Waals surface area (Å²) in [5, 5.41) is 3.62. The van der Waals surface area contributed by atoms with E-state index in [1.165, 1.54) is 0 Å². The Labute approximate surface area is 142 Å². The molecule has 116 valence electrons. The maximum atomic E-state index is 12.2. The molecule has 0 unspecified atom stereocenters. The van der Waals surface area contributed by atoms with Crippen LogP contribution in [0.4, 0.5) is 11.4 Å². The van der Waals surface area contributed by atoms with Crippen molar-refractivity contribution in [3.05, 3.63) is 70.4 Å². The quantitative estimate of drug-likeness (QED) is 0.649. The molecular formula is C17H12Cl2N2O2. The zero-order chi connectivity index (χ0) is 16.4. The van der Waals surface area contributed by atoms with E-state index in [0.717, 1.165) is 5.56 Å². The van der Waals surface area contributed by atoms with Crippen LogP contribution in [-0.2, 0) is 0 Å². The monoisotopic (exact) mass is 346 g/mol. The molecule has 0 aliphatic heterocycles. The topological polar surface area (TPSA) is 68.3 Å². The van der Waals surface area contributed by atoms with Crippen molar-refractivity contribution < 1.29 is 9.21 Å². The number of amides is 1. The van der Waals surface area contributed by atoms with Gasteiger partial charge in [0.15, 0.2) is 5.76 Å². The van der Waals surface area contributed by atoms with Gasteiger partial charge < -0.3 is 15.5 Å². The van der Waals surface area contributed by atoms with Crippen LogP contribution in [0.1, 0.15) is 10.6 Å². The molecule has 0 saturated heterocycles. The Kier molecular flexibility index (Phi) is 4.28. The number of nitrogens with two attached hydrogens (primary N) is 1. The molecule has 0 spiro atoms. The van der Waals surface area contributed by atoms with Crippen LogP contribution in [0.25, 0.3) is 11.3 Å². The number of carbonyl (C=O) groups excluding carboxylic acids is 1. The van der Waals surface area contributed by atoms with Crippen molar-refractivity contribution in [1.29, 1.82) is 0 Å². The van der Waals surface area contributed by atoms with Crippen molar-refractivity contribution in [2.24, 2.45) is 0 Å². The zero-order valence-electron chi connectivity index (χ0n) is 11.8. The summed E-state index contributed by atoms with van der Waals surface area (Å²) in [6, 6.07) is 15.3. The van der Waals surface area contributed by atoms with Gasteiger partial charge >= 0.3 is 0 Å². The lowest BCUT2D eigenvalue weighted by atomic mass is 10.2. The minimum absolute atomic E-state index is 0.197. The molecular weight excluding hydrogens is 335 g/mol. The van der Waals surface area contributed by atoms with E-state index in [2.05, 4.69) is 5.32 Å². The smallest absolute Gasteiger partial charge is 0.291 e. The van der Waals surface area contributed by atoms with Gasteiger partial charge in [-0.25, -0.2) is 0 Å². The van der Waals surface area contributed by atoms with Gasteiger partial charge in [0.1, 0.15) is 5.76 Å². The first-order valence-electron chi connectivity index (χ1n) is 6.75. The lowest BCUT2D eigenvalue weighted by Gasteiger charge is -2.03. The molecule has 0 aliphatic rings. The predicted octanol–water partition coefficient (Wildman–Crippen LogP) is 5.09. The van der Waals surface area contributed by atoms with Gasteiger partial charge in [0, 0.05) is 16.9 Å². The molecule has 1 amide bonds. The van der Waals surface area contributed by atoms with Gasteiger partial charge in [0.2, 0.25) is 0 Å². The van der Waals surface area contributed by atoms with Crippen LogP contribution in [-0.4, -0.2) is 5.91 Å². The van der Waals surface area contributed by atoms with E-state index in [1.54, 1.807) is 54.6 Å². The molecule has 1 aromatic heterocycles. The Morgan fingerprint density at radius 3 is 2.39 bits per heavy atom. The number of anilines is 2. The Morgan fingerprint density at radius 1 is 0.957 bits per heavy atom. The van der Waals surface area contributed by atoms with E-state index >= 15 is 0 Å². The van der Waals surface area contributed by atoms with E-state index in [1.807, 2.05) is 0 Å². The molecule has 0 radical (unpaired) electrons. The van der Waals surface area contributed by atoms with Crippen LogP contribution in [0.3, 0.4) is 0 Å². The first kappa shape index (κ1) is 15.5. The molecule has 2 aromatic carbocycles. The molecule has 3 N–H and O–H groups in total. The number of nitrogens with one attached hydrogen (secondary N) is 1. The second kappa shape index (κ2) is 6.36. The number of nitrogen functional groups attached to an aromatic ring is 1. The van der Waals surface area contributed by atoms with E-state index < -0.39 is 0 Å². The van der Waals surface area contributed by atoms with Gasteiger partial charge in [-0.2, -0.15) is 0 Å². The highest BCUT2D eigenvalue weighted by Crippen LogP contribution is 2.29. The molecule has 23 heavy (non-hydrogen) atoms. The highest BCUT2D eigenvalue weighted by molar-refractivity contribution is 6.42. The van der Waals surface area contributed by atoms with Gasteiger partial charge in [-0.1, -0.05) is 23.2 Å². The number of halogens is 2. The molecule has 0 fully saturated rings. The minimum atomic E-state index is -0.346. The first-order chi connectivity index (χ1) is 11.0. The predicted molar refractivity (Wildman–Crippen MR) is 93.0 cm³/mol. The van der Waals surface area contributed by atoms with Crippen LogP contribution in [0.2, 0.25) is 10.0 Å². The lowest BCUT2D eigenvalue weighted by Crippen LogP contribution is -2.10. The van der Waals surface area contributed by atoms with E-state index in [4.69, 9.17) is 33.4 Å². The second-order valence-electron chi connectivity index (χ2n) is 4.87. The summed E-state index contributed by atoms with van der Waals surface area (Å²) in [6.07, 6.45) is 0. The van der Waals surface area contributed by atoms with Gasteiger partial charge in [-0.3, -0.25) is 4.79 Å². The molecule has 1 heterocycles. The van der Waals surface area contributed by atoms with Gasteiger partial charge in [-0.15, -0.1) is 0 Å². The maximum Gasteiger partial charge on any atom is 0.291 e. The second-order valence-corrected chi connectivity index (χ2v) is 5.68. The molecule has 3 rings (SSSR count). The summed E-state index contributed by atoms with van der Waals surface area (Å²) in [4.78, 5) is 12.2. The fourth-order valence-electron chi connectivity index (χ4n) is 2.02. The van der Waals surface area contributed by atoms with Crippen LogP contribution in [0.5, 0.6) is 0 Å². The Morgan fingerprint density at radius 2 is 1.70 bits per heavy atom. The van der Waals surface area contributed by atoms with Crippen LogP contribution < -0.4 is 11.1 Å². The van der Waals surface area contributed by atoms with Crippen LogP contribution >= 0.6 is 23.2 Å². The largest absolute Gasteiger partial charge is 0.451 e. The summed E-state index contributed by atoms with van der Waals surface area (Å²) in [5.41, 5.74) is 7.61. The third-order valence-electron chi connectivity index (χ3n) is 3.20. The van der Waals surface area contributed by atoms with Crippen LogP contribution in [0, 0.1) is 0 Å². The Bertz CT molecular complexity index is 857. The standard InChI is InChI=1S/C17H12Cl2N2O2/c18-13-6-1-10(9-14(13)19)15-7-8-16(23-15)17(22)21-12-4-2-11(20)3-5-12/h1-9H,20H2,(H,21,22). The van der Waals surface area contributed by atoms with E-state index in [9.17, 15) is 4.79 Å².